The van der Waals surface area contributed by atoms with E-state index in [2.05, 4.69) is 5.32 Å². The summed E-state index contributed by atoms with van der Waals surface area (Å²) < 4.78 is 5.47. The number of anilines is 1. The lowest BCUT2D eigenvalue weighted by molar-refractivity contribution is -0.116. The quantitative estimate of drug-likeness (QED) is 0.867. The minimum atomic E-state index is -0.515. The lowest BCUT2D eigenvalue weighted by Gasteiger charge is -2.09. The highest BCUT2D eigenvalue weighted by atomic mass is 32.1. The van der Waals surface area contributed by atoms with Crippen molar-refractivity contribution in [2.24, 2.45) is 5.73 Å². The Morgan fingerprint density at radius 2 is 2.37 bits per heavy atom. The van der Waals surface area contributed by atoms with Crippen LogP contribution in [0.1, 0.15) is 40.9 Å². The van der Waals surface area contributed by atoms with Gasteiger partial charge in [0.2, 0.25) is 5.91 Å². The zero-order valence-electron chi connectivity index (χ0n) is 10.9. The maximum absolute atomic E-state index is 11.8. The van der Waals surface area contributed by atoms with Crippen LogP contribution in [0.4, 0.5) is 5.00 Å². The van der Waals surface area contributed by atoms with Gasteiger partial charge in [0.1, 0.15) is 5.00 Å². The number of hydrogen-bond acceptors (Lipinski definition) is 4. The van der Waals surface area contributed by atoms with Gasteiger partial charge in [-0.05, 0) is 32.3 Å². The predicted molar refractivity (Wildman–Crippen MR) is 74.4 cm³/mol. The first-order chi connectivity index (χ1) is 9.06. The SMILES string of the molecule is Cc1cc(C(N)=O)c(NC(=O)CCC2CCCO2)s1. The van der Waals surface area contributed by atoms with Crippen LogP contribution < -0.4 is 11.1 Å². The molecule has 2 heterocycles. The van der Waals surface area contributed by atoms with E-state index in [0.717, 1.165) is 30.7 Å². The molecule has 0 bridgehead atoms. The summed E-state index contributed by atoms with van der Waals surface area (Å²) in [5.41, 5.74) is 5.66. The van der Waals surface area contributed by atoms with E-state index in [-0.39, 0.29) is 12.0 Å². The minimum Gasteiger partial charge on any atom is -0.378 e. The number of carbonyl (C=O) groups is 2. The molecular formula is C13H18N2O3S. The van der Waals surface area contributed by atoms with Gasteiger partial charge >= 0.3 is 0 Å². The number of primary amides is 1. The Morgan fingerprint density at radius 3 is 3.00 bits per heavy atom. The van der Waals surface area contributed by atoms with Gasteiger partial charge in [-0.3, -0.25) is 9.59 Å². The monoisotopic (exact) mass is 282 g/mol. The zero-order valence-corrected chi connectivity index (χ0v) is 11.7. The van der Waals surface area contributed by atoms with E-state index in [1.807, 2.05) is 6.92 Å². The van der Waals surface area contributed by atoms with Crippen molar-refractivity contribution in [2.45, 2.75) is 38.7 Å². The number of amides is 2. The van der Waals surface area contributed by atoms with Crippen molar-refractivity contribution in [3.63, 3.8) is 0 Å². The molecule has 6 heteroatoms. The molecule has 2 rings (SSSR count). The van der Waals surface area contributed by atoms with Crippen LogP contribution in [-0.2, 0) is 9.53 Å². The first-order valence-corrected chi connectivity index (χ1v) is 7.19. The fourth-order valence-corrected chi connectivity index (χ4v) is 3.08. The van der Waals surface area contributed by atoms with E-state index in [0.29, 0.717) is 17.0 Å². The Kier molecular flexibility index (Phi) is 4.55. The summed E-state index contributed by atoms with van der Waals surface area (Å²) in [5, 5.41) is 3.30. The number of nitrogens with two attached hydrogens (primary N) is 1. The molecule has 0 radical (unpaired) electrons. The molecule has 0 spiro atoms. The second kappa shape index (κ2) is 6.16. The number of nitrogens with one attached hydrogen (secondary N) is 1. The molecular weight excluding hydrogens is 264 g/mol. The molecule has 19 heavy (non-hydrogen) atoms. The number of carbonyl (C=O) groups excluding carboxylic acids is 2. The largest absolute Gasteiger partial charge is 0.378 e. The molecule has 1 fully saturated rings. The van der Waals surface area contributed by atoms with Crippen molar-refractivity contribution in [1.82, 2.24) is 0 Å². The topological polar surface area (TPSA) is 81.4 Å². The second-order valence-corrected chi connectivity index (χ2v) is 5.94. The average molecular weight is 282 g/mol. The lowest BCUT2D eigenvalue weighted by atomic mass is 10.1. The normalized spacial score (nSPS) is 18.5. The summed E-state index contributed by atoms with van der Waals surface area (Å²) in [7, 11) is 0. The molecule has 0 aliphatic carbocycles. The van der Waals surface area contributed by atoms with Crippen LogP contribution in [0.5, 0.6) is 0 Å². The molecule has 2 amide bonds. The summed E-state index contributed by atoms with van der Waals surface area (Å²) in [6.45, 7) is 2.67. The fourth-order valence-electron chi connectivity index (χ4n) is 2.14. The number of ether oxygens (including phenoxy) is 1. The van der Waals surface area contributed by atoms with E-state index >= 15 is 0 Å². The highest BCUT2D eigenvalue weighted by Crippen LogP contribution is 2.27. The predicted octanol–water partition coefficient (Wildman–Crippen LogP) is 2.05. The second-order valence-electron chi connectivity index (χ2n) is 4.69. The third-order valence-corrected chi connectivity index (χ3v) is 4.06. The molecule has 3 N–H and O–H groups in total. The number of hydrogen-bond donors (Lipinski definition) is 2. The van der Waals surface area contributed by atoms with Gasteiger partial charge in [-0.1, -0.05) is 0 Å². The smallest absolute Gasteiger partial charge is 0.251 e. The van der Waals surface area contributed by atoms with Gasteiger partial charge in [-0.2, -0.15) is 0 Å². The van der Waals surface area contributed by atoms with Crippen molar-refractivity contribution in [1.29, 1.82) is 0 Å². The average Bonchev–Trinajstić information content (AvgIpc) is 2.96. The van der Waals surface area contributed by atoms with Crippen LogP contribution in [0.2, 0.25) is 0 Å². The van der Waals surface area contributed by atoms with Crippen LogP contribution in [0, 0.1) is 6.92 Å². The van der Waals surface area contributed by atoms with Gasteiger partial charge in [-0.15, -0.1) is 11.3 Å². The van der Waals surface area contributed by atoms with Gasteiger partial charge < -0.3 is 15.8 Å². The first-order valence-electron chi connectivity index (χ1n) is 6.38. The van der Waals surface area contributed by atoms with Crippen molar-refractivity contribution >= 4 is 28.2 Å². The molecule has 0 saturated carbocycles. The fraction of sp³-hybridized carbons (Fsp3) is 0.538. The summed E-state index contributed by atoms with van der Waals surface area (Å²) in [4.78, 5) is 24.0. The third kappa shape index (κ3) is 3.78. The summed E-state index contributed by atoms with van der Waals surface area (Å²) in [6, 6.07) is 1.70. The number of aryl methyl sites for hydroxylation is 1. The minimum absolute atomic E-state index is 0.0974. The van der Waals surface area contributed by atoms with Crippen LogP contribution in [0.3, 0.4) is 0 Å². The van der Waals surface area contributed by atoms with Crippen LogP contribution in [0.25, 0.3) is 0 Å². The van der Waals surface area contributed by atoms with Crippen LogP contribution in [0.15, 0.2) is 6.07 Å². The first kappa shape index (κ1) is 14.0. The summed E-state index contributed by atoms with van der Waals surface area (Å²) in [5.74, 6) is -0.612. The van der Waals surface area contributed by atoms with Crippen molar-refractivity contribution in [3.05, 3.63) is 16.5 Å². The van der Waals surface area contributed by atoms with Crippen LogP contribution >= 0.6 is 11.3 Å². The Hall–Kier alpha value is -1.40. The molecule has 1 atom stereocenters. The Labute approximate surface area is 116 Å². The van der Waals surface area contributed by atoms with Gasteiger partial charge in [0.15, 0.2) is 0 Å². The third-order valence-electron chi connectivity index (χ3n) is 3.09. The molecule has 1 aliphatic rings. The van der Waals surface area contributed by atoms with Gasteiger partial charge in [-0.25, -0.2) is 0 Å². The Balaban J connectivity index is 1.89. The lowest BCUT2D eigenvalue weighted by Crippen LogP contribution is -2.17. The maximum Gasteiger partial charge on any atom is 0.251 e. The van der Waals surface area contributed by atoms with E-state index < -0.39 is 5.91 Å². The Bertz CT molecular complexity index is 478. The van der Waals surface area contributed by atoms with E-state index in [1.54, 1.807) is 6.07 Å². The van der Waals surface area contributed by atoms with Gasteiger partial charge in [0.25, 0.3) is 5.91 Å². The Morgan fingerprint density at radius 1 is 1.58 bits per heavy atom. The summed E-state index contributed by atoms with van der Waals surface area (Å²) >= 11 is 1.37. The molecule has 104 valence electrons. The highest BCUT2D eigenvalue weighted by molar-refractivity contribution is 7.16. The molecule has 5 nitrogen and oxygen atoms in total. The van der Waals surface area contributed by atoms with Crippen molar-refractivity contribution in [2.75, 3.05) is 11.9 Å². The number of rotatable bonds is 5. The van der Waals surface area contributed by atoms with E-state index in [1.165, 1.54) is 11.3 Å². The molecule has 1 saturated heterocycles. The van der Waals surface area contributed by atoms with Crippen molar-refractivity contribution in [3.8, 4) is 0 Å². The molecule has 1 unspecified atom stereocenters. The standard InChI is InChI=1S/C13H18N2O3S/c1-8-7-10(12(14)17)13(19-8)15-11(16)5-4-9-3-2-6-18-9/h7,9H,2-6H2,1H3,(H2,14,17)(H,15,16). The van der Waals surface area contributed by atoms with Gasteiger partial charge in [0, 0.05) is 17.9 Å². The highest BCUT2D eigenvalue weighted by Gasteiger charge is 2.18. The molecule has 1 aromatic heterocycles. The molecule has 1 aromatic rings. The van der Waals surface area contributed by atoms with E-state index in [4.69, 9.17) is 10.5 Å². The maximum atomic E-state index is 11.8. The summed E-state index contributed by atoms with van der Waals surface area (Å²) in [6.07, 6.45) is 3.42. The number of thiophene rings is 1. The zero-order chi connectivity index (χ0) is 13.8. The van der Waals surface area contributed by atoms with E-state index in [9.17, 15) is 9.59 Å². The molecule has 0 aromatic carbocycles. The molecule has 1 aliphatic heterocycles. The van der Waals surface area contributed by atoms with Crippen LogP contribution in [-0.4, -0.2) is 24.5 Å². The van der Waals surface area contributed by atoms with Gasteiger partial charge in [0.05, 0.1) is 11.7 Å². The van der Waals surface area contributed by atoms with Crippen molar-refractivity contribution < 1.29 is 14.3 Å².